The Bertz CT molecular complexity index is 237. The lowest BCUT2D eigenvalue weighted by atomic mass is 10.2. The van der Waals surface area contributed by atoms with E-state index in [-0.39, 0.29) is 0 Å². The van der Waals surface area contributed by atoms with Crippen LogP contribution in [0.1, 0.15) is 6.92 Å². The summed E-state index contributed by atoms with van der Waals surface area (Å²) in [6, 6.07) is 0. The van der Waals surface area contributed by atoms with E-state index in [1.54, 1.807) is 7.11 Å². The van der Waals surface area contributed by atoms with Crippen LogP contribution in [-0.4, -0.2) is 7.11 Å². The van der Waals surface area contributed by atoms with Gasteiger partial charge in [-0.2, -0.15) is 0 Å². The number of allylic oxidation sites excluding steroid dienone is 4. The molecule has 0 fully saturated rings. The highest BCUT2D eigenvalue weighted by Gasteiger charge is 1.94. The summed E-state index contributed by atoms with van der Waals surface area (Å²) in [5, 5.41) is 0. The molecule has 0 N–H and O–H groups in total. The second-order valence-corrected chi connectivity index (χ2v) is 2.09. The quantitative estimate of drug-likeness (QED) is 0.499. The van der Waals surface area contributed by atoms with Crippen molar-refractivity contribution in [3.8, 4) is 0 Å². The third-order valence-electron chi connectivity index (χ3n) is 1.35. The summed E-state index contributed by atoms with van der Waals surface area (Å²) in [6.45, 7) is 2.00. The molecular formula is C9H10O. The SMILES string of the molecule is COC1=C(C)C=C=CC=C1. The summed E-state index contributed by atoms with van der Waals surface area (Å²) >= 11 is 0. The van der Waals surface area contributed by atoms with E-state index in [4.69, 9.17) is 4.74 Å². The van der Waals surface area contributed by atoms with E-state index in [1.165, 1.54) is 0 Å². The van der Waals surface area contributed by atoms with Crippen LogP contribution < -0.4 is 0 Å². The average molecular weight is 134 g/mol. The zero-order chi connectivity index (χ0) is 7.40. The average Bonchev–Trinajstić information content (AvgIpc) is 2.13. The molecule has 0 aromatic carbocycles. The van der Waals surface area contributed by atoms with Crippen molar-refractivity contribution in [1.29, 1.82) is 0 Å². The Morgan fingerprint density at radius 2 is 2.30 bits per heavy atom. The minimum Gasteiger partial charge on any atom is -0.496 e. The third-order valence-corrected chi connectivity index (χ3v) is 1.35. The molecule has 0 amide bonds. The summed E-state index contributed by atoms with van der Waals surface area (Å²) in [5.41, 5.74) is 4.09. The van der Waals surface area contributed by atoms with Crippen molar-refractivity contribution >= 4 is 0 Å². The van der Waals surface area contributed by atoms with Gasteiger partial charge in [-0.25, -0.2) is 0 Å². The van der Waals surface area contributed by atoms with E-state index in [0.29, 0.717) is 0 Å². The van der Waals surface area contributed by atoms with Crippen molar-refractivity contribution in [2.75, 3.05) is 7.11 Å². The number of hydrogen-bond donors (Lipinski definition) is 0. The fourth-order valence-corrected chi connectivity index (χ4v) is 0.796. The molecule has 10 heavy (non-hydrogen) atoms. The molecule has 0 saturated carbocycles. The maximum atomic E-state index is 5.08. The van der Waals surface area contributed by atoms with Gasteiger partial charge in [0.2, 0.25) is 0 Å². The zero-order valence-corrected chi connectivity index (χ0v) is 6.22. The minimum absolute atomic E-state index is 0.904. The first-order valence-electron chi connectivity index (χ1n) is 3.18. The first-order chi connectivity index (χ1) is 4.84. The van der Waals surface area contributed by atoms with Crippen molar-refractivity contribution in [3.05, 3.63) is 41.4 Å². The lowest BCUT2D eigenvalue weighted by Gasteiger charge is -2.00. The highest BCUT2D eigenvalue weighted by atomic mass is 16.5. The van der Waals surface area contributed by atoms with Gasteiger partial charge in [0.05, 0.1) is 7.11 Å². The normalized spacial score (nSPS) is 15.8. The van der Waals surface area contributed by atoms with Crippen molar-refractivity contribution in [2.45, 2.75) is 6.92 Å². The van der Waals surface area contributed by atoms with Crippen LogP contribution in [0.15, 0.2) is 41.4 Å². The van der Waals surface area contributed by atoms with Crippen molar-refractivity contribution in [1.82, 2.24) is 0 Å². The molecule has 0 radical (unpaired) electrons. The van der Waals surface area contributed by atoms with E-state index in [9.17, 15) is 0 Å². The van der Waals surface area contributed by atoms with E-state index in [0.717, 1.165) is 11.3 Å². The molecule has 52 valence electrons. The summed E-state index contributed by atoms with van der Waals surface area (Å²) in [5.74, 6) is 0.904. The van der Waals surface area contributed by atoms with Gasteiger partial charge in [-0.1, -0.05) is 6.08 Å². The van der Waals surface area contributed by atoms with Crippen molar-refractivity contribution in [3.63, 3.8) is 0 Å². The Balaban J connectivity index is 2.99. The number of ether oxygens (including phenoxy) is 1. The minimum atomic E-state index is 0.904. The molecule has 0 unspecified atom stereocenters. The maximum absolute atomic E-state index is 5.08. The third kappa shape index (κ3) is 1.40. The highest BCUT2D eigenvalue weighted by molar-refractivity contribution is 5.31. The Morgan fingerprint density at radius 3 is 3.00 bits per heavy atom. The largest absolute Gasteiger partial charge is 0.496 e. The molecule has 0 aliphatic heterocycles. The van der Waals surface area contributed by atoms with Gasteiger partial charge in [-0.05, 0) is 30.7 Å². The van der Waals surface area contributed by atoms with Gasteiger partial charge in [0.25, 0.3) is 0 Å². The Morgan fingerprint density at radius 1 is 1.50 bits per heavy atom. The topological polar surface area (TPSA) is 9.23 Å². The van der Waals surface area contributed by atoms with E-state index < -0.39 is 0 Å². The summed E-state index contributed by atoms with van der Waals surface area (Å²) < 4.78 is 5.08. The fraction of sp³-hybridized carbons (Fsp3) is 0.222. The van der Waals surface area contributed by atoms with Gasteiger partial charge in [-0.3, -0.25) is 0 Å². The number of hydrogen-bond acceptors (Lipinski definition) is 1. The molecule has 0 bridgehead atoms. The molecule has 1 nitrogen and oxygen atoms in total. The summed E-state index contributed by atoms with van der Waals surface area (Å²) in [4.78, 5) is 0. The van der Waals surface area contributed by atoms with Crippen LogP contribution in [0.25, 0.3) is 0 Å². The molecule has 1 aliphatic carbocycles. The summed E-state index contributed by atoms with van der Waals surface area (Å²) in [6.07, 6.45) is 7.59. The zero-order valence-electron chi connectivity index (χ0n) is 6.22. The molecule has 1 rings (SSSR count). The molecule has 0 heterocycles. The number of rotatable bonds is 1. The standard InChI is InChI=1S/C9H10O/c1-8-6-4-3-5-7-9(8)10-2/h3,5-7H,1-2H3. The lowest BCUT2D eigenvalue weighted by molar-refractivity contribution is 0.303. The first kappa shape index (κ1) is 6.91. The van der Waals surface area contributed by atoms with Crippen LogP contribution >= 0.6 is 0 Å². The van der Waals surface area contributed by atoms with E-state index in [2.05, 4.69) is 5.73 Å². The van der Waals surface area contributed by atoms with Gasteiger partial charge in [0, 0.05) is 0 Å². The molecule has 0 aromatic rings. The smallest absolute Gasteiger partial charge is 0.122 e. The van der Waals surface area contributed by atoms with E-state index >= 15 is 0 Å². The summed E-state index contributed by atoms with van der Waals surface area (Å²) in [7, 11) is 1.67. The van der Waals surface area contributed by atoms with Crippen molar-refractivity contribution < 1.29 is 4.74 Å². The first-order valence-corrected chi connectivity index (χ1v) is 3.18. The molecule has 0 saturated heterocycles. The van der Waals surface area contributed by atoms with Crippen LogP contribution in [0.3, 0.4) is 0 Å². The Hall–Kier alpha value is -1.20. The molecule has 0 spiro atoms. The van der Waals surface area contributed by atoms with Gasteiger partial charge in [0.15, 0.2) is 0 Å². The predicted octanol–water partition coefficient (Wildman–Crippen LogP) is 2.19. The molecule has 0 aromatic heterocycles. The Kier molecular flexibility index (Phi) is 2.14. The van der Waals surface area contributed by atoms with Crippen LogP contribution in [0, 0.1) is 0 Å². The van der Waals surface area contributed by atoms with Crippen molar-refractivity contribution in [2.24, 2.45) is 0 Å². The van der Waals surface area contributed by atoms with Gasteiger partial charge in [0.1, 0.15) is 5.76 Å². The van der Waals surface area contributed by atoms with Crippen LogP contribution in [0.4, 0.5) is 0 Å². The van der Waals surface area contributed by atoms with Crippen LogP contribution in [0.2, 0.25) is 0 Å². The van der Waals surface area contributed by atoms with Gasteiger partial charge >= 0.3 is 0 Å². The lowest BCUT2D eigenvalue weighted by Crippen LogP contribution is -1.84. The Labute approximate surface area is 61.0 Å². The fourth-order valence-electron chi connectivity index (χ4n) is 0.796. The monoisotopic (exact) mass is 134 g/mol. The van der Waals surface area contributed by atoms with Gasteiger partial charge in [-0.15, -0.1) is 5.73 Å². The second kappa shape index (κ2) is 3.09. The predicted molar refractivity (Wildman–Crippen MR) is 41.5 cm³/mol. The maximum Gasteiger partial charge on any atom is 0.122 e. The number of methoxy groups -OCH3 is 1. The molecule has 1 heteroatoms. The molecular weight excluding hydrogens is 124 g/mol. The van der Waals surface area contributed by atoms with Crippen LogP contribution in [-0.2, 0) is 4.74 Å². The second-order valence-electron chi connectivity index (χ2n) is 2.09. The van der Waals surface area contributed by atoms with Crippen LogP contribution in [0.5, 0.6) is 0 Å². The highest BCUT2D eigenvalue weighted by Crippen LogP contribution is 2.09. The van der Waals surface area contributed by atoms with E-state index in [1.807, 2.05) is 31.2 Å². The van der Waals surface area contributed by atoms with Gasteiger partial charge < -0.3 is 4.74 Å². The molecule has 1 aliphatic rings. The molecule has 0 atom stereocenters.